The number of urea groups is 1. The molecule has 3 amide bonds. The summed E-state index contributed by atoms with van der Waals surface area (Å²) in [7, 11) is 1.60. The van der Waals surface area contributed by atoms with E-state index in [4.69, 9.17) is 4.74 Å². The van der Waals surface area contributed by atoms with Crippen molar-refractivity contribution in [2.45, 2.75) is 6.92 Å². The van der Waals surface area contributed by atoms with Crippen LogP contribution in [0.4, 0.5) is 21.9 Å². The molecule has 0 saturated heterocycles. The van der Waals surface area contributed by atoms with Crippen molar-refractivity contribution >= 4 is 39.9 Å². The molecular formula is C25H22N4O3. The lowest BCUT2D eigenvalue weighted by Crippen LogP contribution is -2.19. The SMILES string of the molecule is COc1ccc2cc(C(=O)Nc3ccc(NC(=O)Nc4ccccc4)cc3)c(C)nc2c1. The number of hydrogen-bond donors (Lipinski definition) is 3. The van der Waals surface area contributed by atoms with Crippen molar-refractivity contribution in [1.82, 2.24) is 4.98 Å². The highest BCUT2D eigenvalue weighted by Crippen LogP contribution is 2.23. The van der Waals surface area contributed by atoms with Gasteiger partial charge in [0.05, 0.1) is 23.9 Å². The maximum atomic E-state index is 12.8. The highest BCUT2D eigenvalue weighted by Gasteiger charge is 2.13. The molecule has 0 aliphatic carbocycles. The van der Waals surface area contributed by atoms with E-state index in [1.54, 1.807) is 50.4 Å². The Kier molecular flexibility index (Phi) is 5.98. The van der Waals surface area contributed by atoms with Crippen LogP contribution in [0.2, 0.25) is 0 Å². The molecule has 1 aromatic heterocycles. The minimum Gasteiger partial charge on any atom is -0.497 e. The molecule has 32 heavy (non-hydrogen) atoms. The number of anilines is 3. The third kappa shape index (κ3) is 4.84. The maximum absolute atomic E-state index is 12.8. The molecular weight excluding hydrogens is 404 g/mol. The van der Waals surface area contributed by atoms with Crippen molar-refractivity contribution in [3.63, 3.8) is 0 Å². The molecule has 0 aliphatic rings. The number of fused-ring (bicyclic) bond motifs is 1. The van der Waals surface area contributed by atoms with Crippen LogP contribution in [-0.4, -0.2) is 24.0 Å². The van der Waals surface area contributed by atoms with Crippen LogP contribution in [0.1, 0.15) is 16.1 Å². The van der Waals surface area contributed by atoms with E-state index in [2.05, 4.69) is 20.9 Å². The van der Waals surface area contributed by atoms with Crippen molar-refractivity contribution in [3.8, 4) is 5.75 Å². The second-order valence-corrected chi connectivity index (χ2v) is 7.16. The number of aromatic nitrogens is 1. The molecule has 160 valence electrons. The molecule has 3 aromatic carbocycles. The van der Waals surface area contributed by atoms with Crippen LogP contribution in [0, 0.1) is 6.92 Å². The fourth-order valence-corrected chi connectivity index (χ4v) is 3.25. The molecule has 0 bridgehead atoms. The Bertz CT molecular complexity index is 1270. The smallest absolute Gasteiger partial charge is 0.323 e. The number of para-hydroxylation sites is 1. The number of rotatable bonds is 5. The first-order valence-corrected chi connectivity index (χ1v) is 10.0. The number of methoxy groups -OCH3 is 1. The van der Waals surface area contributed by atoms with Crippen LogP contribution in [-0.2, 0) is 0 Å². The lowest BCUT2D eigenvalue weighted by atomic mass is 10.1. The summed E-state index contributed by atoms with van der Waals surface area (Å²) in [5.74, 6) is 0.461. The molecule has 3 N–H and O–H groups in total. The summed E-state index contributed by atoms with van der Waals surface area (Å²) in [6, 6.07) is 23.1. The van der Waals surface area contributed by atoms with Gasteiger partial charge in [-0.15, -0.1) is 0 Å². The quantitative estimate of drug-likeness (QED) is 0.396. The van der Waals surface area contributed by atoms with Gasteiger partial charge in [0.2, 0.25) is 0 Å². The number of benzene rings is 3. The minimum atomic E-state index is -0.345. The Hall–Kier alpha value is -4.39. The van der Waals surface area contributed by atoms with Gasteiger partial charge in [0.25, 0.3) is 5.91 Å². The fourth-order valence-electron chi connectivity index (χ4n) is 3.25. The molecule has 0 aliphatic heterocycles. The number of nitrogens with zero attached hydrogens (tertiary/aromatic N) is 1. The van der Waals surface area contributed by atoms with Gasteiger partial charge in [-0.1, -0.05) is 18.2 Å². The van der Waals surface area contributed by atoms with Gasteiger partial charge in [-0.25, -0.2) is 4.79 Å². The van der Waals surface area contributed by atoms with Gasteiger partial charge in [0.15, 0.2) is 0 Å². The standard InChI is InChI=1S/C25H22N4O3/c1-16-22(14-17-8-13-21(32-2)15-23(17)26-16)24(30)27-19-9-11-20(12-10-19)29-25(31)28-18-6-4-3-5-7-18/h3-15H,1-2H3,(H,27,30)(H2,28,29,31). The third-order valence-electron chi connectivity index (χ3n) is 4.89. The molecule has 4 rings (SSSR count). The Morgan fingerprint density at radius 1 is 0.781 bits per heavy atom. The lowest BCUT2D eigenvalue weighted by Gasteiger charge is -2.11. The number of carbonyl (C=O) groups excluding carboxylic acids is 2. The van der Waals surface area contributed by atoms with Gasteiger partial charge >= 0.3 is 6.03 Å². The number of pyridine rings is 1. The number of nitrogens with one attached hydrogen (secondary N) is 3. The van der Waals surface area contributed by atoms with E-state index >= 15 is 0 Å². The summed E-state index contributed by atoms with van der Waals surface area (Å²) in [5.41, 5.74) is 3.80. The Labute approximate surface area is 185 Å². The predicted molar refractivity (Wildman–Crippen MR) is 127 cm³/mol. The summed E-state index contributed by atoms with van der Waals surface area (Å²) in [6.45, 7) is 1.80. The molecule has 0 atom stereocenters. The Morgan fingerprint density at radius 3 is 2.06 bits per heavy atom. The normalized spacial score (nSPS) is 10.4. The molecule has 0 radical (unpaired) electrons. The molecule has 0 saturated carbocycles. The first-order chi connectivity index (χ1) is 15.5. The van der Waals surface area contributed by atoms with Crippen molar-refractivity contribution < 1.29 is 14.3 Å². The van der Waals surface area contributed by atoms with Crippen molar-refractivity contribution in [2.75, 3.05) is 23.1 Å². The van der Waals surface area contributed by atoms with Crippen LogP contribution < -0.4 is 20.7 Å². The zero-order valence-corrected chi connectivity index (χ0v) is 17.7. The van der Waals surface area contributed by atoms with Gasteiger partial charge in [-0.05, 0) is 61.5 Å². The second-order valence-electron chi connectivity index (χ2n) is 7.16. The van der Waals surface area contributed by atoms with Crippen LogP contribution in [0.25, 0.3) is 10.9 Å². The molecule has 7 nitrogen and oxygen atoms in total. The van der Waals surface area contributed by atoms with E-state index in [1.807, 2.05) is 42.5 Å². The van der Waals surface area contributed by atoms with E-state index < -0.39 is 0 Å². The van der Waals surface area contributed by atoms with Gasteiger partial charge in [-0.2, -0.15) is 0 Å². The predicted octanol–water partition coefficient (Wildman–Crippen LogP) is 5.45. The molecule has 4 aromatic rings. The summed E-state index contributed by atoms with van der Waals surface area (Å²) in [6.07, 6.45) is 0. The van der Waals surface area contributed by atoms with E-state index in [0.29, 0.717) is 34.1 Å². The topological polar surface area (TPSA) is 92.4 Å². The van der Waals surface area contributed by atoms with Crippen molar-refractivity contribution in [3.05, 3.63) is 90.1 Å². The Morgan fingerprint density at radius 2 is 1.41 bits per heavy atom. The van der Waals surface area contributed by atoms with E-state index in [0.717, 1.165) is 10.9 Å². The van der Waals surface area contributed by atoms with Gasteiger partial charge in [0, 0.05) is 28.5 Å². The minimum absolute atomic E-state index is 0.254. The zero-order chi connectivity index (χ0) is 22.5. The van der Waals surface area contributed by atoms with Crippen LogP contribution >= 0.6 is 0 Å². The summed E-state index contributed by atoms with van der Waals surface area (Å²) >= 11 is 0. The van der Waals surface area contributed by atoms with Crippen LogP contribution in [0.15, 0.2) is 78.9 Å². The van der Waals surface area contributed by atoms with E-state index in [9.17, 15) is 9.59 Å². The zero-order valence-electron chi connectivity index (χ0n) is 17.7. The summed E-state index contributed by atoms with van der Waals surface area (Å²) < 4.78 is 5.23. The highest BCUT2D eigenvalue weighted by molar-refractivity contribution is 6.07. The average Bonchev–Trinajstić information content (AvgIpc) is 2.80. The first-order valence-electron chi connectivity index (χ1n) is 10.0. The van der Waals surface area contributed by atoms with Crippen LogP contribution in [0.3, 0.4) is 0 Å². The maximum Gasteiger partial charge on any atom is 0.323 e. The van der Waals surface area contributed by atoms with Gasteiger partial charge in [-0.3, -0.25) is 9.78 Å². The lowest BCUT2D eigenvalue weighted by molar-refractivity contribution is 0.102. The summed E-state index contributed by atoms with van der Waals surface area (Å²) in [5, 5.41) is 9.24. The second kappa shape index (κ2) is 9.18. The largest absolute Gasteiger partial charge is 0.497 e. The Balaban J connectivity index is 1.42. The van der Waals surface area contributed by atoms with Crippen LogP contribution in [0.5, 0.6) is 5.75 Å². The number of aryl methyl sites for hydroxylation is 1. The third-order valence-corrected chi connectivity index (χ3v) is 4.89. The molecule has 0 unspecified atom stereocenters. The highest BCUT2D eigenvalue weighted by atomic mass is 16.5. The molecule has 0 spiro atoms. The van der Waals surface area contributed by atoms with Gasteiger partial charge in [0.1, 0.15) is 5.75 Å². The van der Waals surface area contributed by atoms with E-state index in [1.165, 1.54) is 0 Å². The number of amides is 3. The number of hydrogen-bond acceptors (Lipinski definition) is 4. The average molecular weight is 426 g/mol. The molecule has 1 heterocycles. The molecule has 7 heteroatoms. The molecule has 0 fully saturated rings. The monoisotopic (exact) mass is 426 g/mol. The van der Waals surface area contributed by atoms with Crippen molar-refractivity contribution in [1.29, 1.82) is 0 Å². The number of carbonyl (C=O) groups is 2. The summed E-state index contributed by atoms with van der Waals surface area (Å²) in [4.78, 5) is 29.5. The number of ether oxygens (including phenoxy) is 1. The fraction of sp³-hybridized carbons (Fsp3) is 0.0800. The van der Waals surface area contributed by atoms with Gasteiger partial charge < -0.3 is 20.7 Å². The first kappa shape index (κ1) is 20.9. The van der Waals surface area contributed by atoms with Crippen molar-refractivity contribution in [2.24, 2.45) is 0 Å². The van der Waals surface area contributed by atoms with E-state index in [-0.39, 0.29) is 11.9 Å².